The van der Waals surface area contributed by atoms with Gasteiger partial charge < -0.3 is 41.7 Å². The molecule has 1 unspecified atom stereocenters. The summed E-state index contributed by atoms with van der Waals surface area (Å²) < 4.78 is 50.2. The van der Waals surface area contributed by atoms with Crippen molar-refractivity contribution in [1.29, 1.82) is 0 Å². The van der Waals surface area contributed by atoms with E-state index in [4.69, 9.17) is 41.7 Å². The molecule has 0 amide bonds. The third-order valence-corrected chi connectivity index (χ3v) is 7.46. The highest BCUT2D eigenvalue weighted by molar-refractivity contribution is 6.92. The monoisotopic (exact) mass is 512 g/mol. The topological polar surface area (TPSA) is 100 Å². The number of carbonyl (C=O) groups is 1. The molecule has 0 aromatic rings. The molecule has 34 heavy (non-hydrogen) atoms. The van der Waals surface area contributed by atoms with Crippen LogP contribution in [0.3, 0.4) is 0 Å². The summed E-state index contributed by atoms with van der Waals surface area (Å²) in [5.74, 6) is 0. The molecular formula is C23H48O10Si. The van der Waals surface area contributed by atoms with E-state index >= 15 is 0 Å². The Bertz CT molecular complexity index is 439. The van der Waals surface area contributed by atoms with Crippen molar-refractivity contribution in [1.82, 2.24) is 0 Å². The molecular weight excluding hydrogens is 464 g/mol. The minimum absolute atomic E-state index is 0.124. The molecule has 10 nitrogen and oxygen atoms in total. The van der Waals surface area contributed by atoms with E-state index in [-0.39, 0.29) is 31.3 Å². The van der Waals surface area contributed by atoms with Crippen LogP contribution in [0.4, 0.5) is 0 Å². The molecule has 1 atom stereocenters. The van der Waals surface area contributed by atoms with E-state index in [9.17, 15) is 4.79 Å². The highest BCUT2D eigenvalue weighted by Crippen LogP contribution is 2.18. The van der Waals surface area contributed by atoms with E-state index in [1.807, 2.05) is 6.92 Å². The first-order chi connectivity index (χ1) is 16.6. The summed E-state index contributed by atoms with van der Waals surface area (Å²) in [6.07, 6.45) is 3.59. The first kappa shape index (κ1) is 33.5. The van der Waals surface area contributed by atoms with Crippen LogP contribution < -0.4 is 0 Å². The molecule has 0 rings (SSSR count). The average Bonchev–Trinajstić information content (AvgIpc) is 2.85. The third-order valence-electron chi connectivity index (χ3n) is 4.81. The number of methoxy groups -OCH3 is 3. The molecule has 0 heterocycles. The van der Waals surface area contributed by atoms with Gasteiger partial charge in [0.1, 0.15) is 0 Å². The molecule has 0 saturated carbocycles. The van der Waals surface area contributed by atoms with Crippen LogP contribution in [0.5, 0.6) is 0 Å². The van der Waals surface area contributed by atoms with Crippen molar-refractivity contribution in [2.75, 3.05) is 94.0 Å². The lowest BCUT2D eigenvalue weighted by Crippen LogP contribution is -2.56. The standard InChI is InChI=1S/C23H48O10Si/c1-6-8-9-10-23(24)34(31-19-16-28-14-11-25-3,32-20-17-29-15-12-26-4)33-21-22(7-2)30-18-13-27-5/h22H,6-21H2,1-5H3. The summed E-state index contributed by atoms with van der Waals surface area (Å²) in [6, 6.07) is 0. The zero-order valence-electron chi connectivity index (χ0n) is 22.0. The van der Waals surface area contributed by atoms with E-state index in [1.54, 1.807) is 21.3 Å². The van der Waals surface area contributed by atoms with Gasteiger partial charge in [0.25, 0.3) is 0 Å². The molecule has 0 aliphatic rings. The summed E-state index contributed by atoms with van der Waals surface area (Å²) >= 11 is 0. The lowest BCUT2D eigenvalue weighted by atomic mass is 10.2. The van der Waals surface area contributed by atoms with Gasteiger partial charge in [-0.2, -0.15) is 0 Å². The van der Waals surface area contributed by atoms with E-state index in [2.05, 4.69) is 6.92 Å². The van der Waals surface area contributed by atoms with Crippen molar-refractivity contribution in [2.24, 2.45) is 0 Å². The van der Waals surface area contributed by atoms with E-state index < -0.39 is 8.80 Å². The van der Waals surface area contributed by atoms with Crippen molar-refractivity contribution < 1.29 is 46.5 Å². The lowest BCUT2D eigenvalue weighted by Gasteiger charge is -2.30. The van der Waals surface area contributed by atoms with Crippen molar-refractivity contribution in [3.8, 4) is 0 Å². The maximum atomic E-state index is 13.3. The maximum absolute atomic E-state index is 13.3. The third kappa shape index (κ3) is 17.0. The molecule has 11 heteroatoms. The van der Waals surface area contributed by atoms with E-state index in [0.29, 0.717) is 59.3 Å². The largest absolute Gasteiger partial charge is 0.575 e. The number of rotatable bonds is 27. The van der Waals surface area contributed by atoms with Crippen LogP contribution in [-0.2, 0) is 46.5 Å². The van der Waals surface area contributed by atoms with Crippen molar-refractivity contribution >= 4 is 14.2 Å². The fourth-order valence-electron chi connectivity index (χ4n) is 2.80. The van der Waals surface area contributed by atoms with Gasteiger partial charge in [-0.05, 0) is 12.8 Å². The van der Waals surface area contributed by atoms with Crippen molar-refractivity contribution in [3.05, 3.63) is 0 Å². The Balaban J connectivity index is 5.23. The van der Waals surface area contributed by atoms with Crippen LogP contribution in [0.2, 0.25) is 0 Å². The summed E-state index contributed by atoms with van der Waals surface area (Å²) in [6.45, 7) is 8.06. The summed E-state index contributed by atoms with van der Waals surface area (Å²) in [5, 5.41) is -0.124. The predicted molar refractivity (Wildman–Crippen MR) is 130 cm³/mol. The van der Waals surface area contributed by atoms with Gasteiger partial charge in [-0.3, -0.25) is 4.79 Å². The first-order valence-electron chi connectivity index (χ1n) is 12.3. The number of unbranched alkanes of at least 4 members (excludes halogenated alkanes) is 2. The SMILES string of the molecule is CCCCCC(=O)[Si](OCCOCCOC)(OCCOCCOC)OCC(CC)OCCOC. The van der Waals surface area contributed by atoms with Gasteiger partial charge in [0.2, 0.25) is 5.41 Å². The predicted octanol–water partition coefficient (Wildman–Crippen LogP) is 2.43. The van der Waals surface area contributed by atoms with Crippen molar-refractivity contribution in [2.45, 2.75) is 52.1 Å². The van der Waals surface area contributed by atoms with Gasteiger partial charge in [0, 0.05) is 27.8 Å². The zero-order chi connectivity index (χ0) is 25.3. The summed E-state index contributed by atoms with van der Waals surface area (Å²) in [4.78, 5) is 13.3. The van der Waals surface area contributed by atoms with E-state index in [1.165, 1.54) is 0 Å². The fourth-order valence-corrected chi connectivity index (χ4v) is 5.12. The van der Waals surface area contributed by atoms with Crippen LogP contribution in [0.1, 0.15) is 46.0 Å². The van der Waals surface area contributed by atoms with Crippen LogP contribution in [0, 0.1) is 0 Å². The molecule has 0 bridgehead atoms. The molecule has 204 valence electrons. The molecule has 0 fully saturated rings. The minimum atomic E-state index is -3.69. The van der Waals surface area contributed by atoms with Gasteiger partial charge in [-0.25, -0.2) is 0 Å². The van der Waals surface area contributed by atoms with Gasteiger partial charge in [0.15, 0.2) is 0 Å². The Morgan fingerprint density at radius 2 is 1.21 bits per heavy atom. The Labute approximate surface area is 207 Å². The Kier molecular flexibility index (Phi) is 23.9. The normalized spacial score (nSPS) is 12.9. The second-order valence-electron chi connectivity index (χ2n) is 7.55. The molecule has 0 radical (unpaired) electrons. The Morgan fingerprint density at radius 1 is 0.676 bits per heavy atom. The van der Waals surface area contributed by atoms with Gasteiger partial charge in [-0.15, -0.1) is 0 Å². The quantitative estimate of drug-likeness (QED) is 0.120. The summed E-state index contributed by atoms with van der Waals surface area (Å²) in [5.41, 5.74) is 0. The Morgan fingerprint density at radius 3 is 1.71 bits per heavy atom. The number of ether oxygens (including phenoxy) is 6. The Hall–Kier alpha value is -0.473. The second-order valence-corrected chi connectivity index (χ2v) is 10.1. The fraction of sp³-hybridized carbons (Fsp3) is 0.957. The average molecular weight is 513 g/mol. The smallest absolute Gasteiger partial charge is 0.382 e. The first-order valence-corrected chi connectivity index (χ1v) is 14.0. The van der Waals surface area contributed by atoms with E-state index in [0.717, 1.165) is 25.7 Å². The zero-order valence-corrected chi connectivity index (χ0v) is 23.0. The number of carbonyl (C=O) groups excluding carboxylic acids is 1. The second kappa shape index (κ2) is 24.2. The minimum Gasteiger partial charge on any atom is -0.382 e. The van der Waals surface area contributed by atoms with Crippen LogP contribution >= 0.6 is 0 Å². The lowest BCUT2D eigenvalue weighted by molar-refractivity contribution is -0.121. The molecule has 0 aliphatic heterocycles. The number of hydrogen-bond donors (Lipinski definition) is 0. The highest BCUT2D eigenvalue weighted by atomic mass is 28.4. The number of hydrogen-bond acceptors (Lipinski definition) is 10. The van der Waals surface area contributed by atoms with Crippen LogP contribution in [-0.4, -0.2) is 114 Å². The molecule has 0 spiro atoms. The summed E-state index contributed by atoms with van der Waals surface area (Å²) in [7, 11) is 1.16. The molecule has 0 saturated heterocycles. The highest BCUT2D eigenvalue weighted by Gasteiger charge is 2.50. The van der Waals surface area contributed by atoms with Crippen molar-refractivity contribution in [3.63, 3.8) is 0 Å². The molecule has 0 aromatic carbocycles. The molecule has 0 aromatic heterocycles. The van der Waals surface area contributed by atoms with Crippen LogP contribution in [0.15, 0.2) is 0 Å². The molecule has 0 aliphatic carbocycles. The maximum Gasteiger partial charge on any atom is 0.575 e. The van der Waals surface area contributed by atoms with Gasteiger partial charge in [-0.1, -0.05) is 26.7 Å². The van der Waals surface area contributed by atoms with Gasteiger partial charge in [0.05, 0.1) is 78.8 Å². The van der Waals surface area contributed by atoms with Crippen LogP contribution in [0.25, 0.3) is 0 Å². The molecule has 0 N–H and O–H groups in total. The van der Waals surface area contributed by atoms with Gasteiger partial charge >= 0.3 is 8.80 Å².